The topological polar surface area (TPSA) is 41.8 Å². The van der Waals surface area contributed by atoms with E-state index < -0.39 is 0 Å². The van der Waals surface area contributed by atoms with Crippen molar-refractivity contribution in [2.24, 2.45) is 7.05 Å². The molecule has 0 aromatic carbocycles. The summed E-state index contributed by atoms with van der Waals surface area (Å²) in [6.45, 7) is 8.44. The first-order valence-electron chi connectivity index (χ1n) is 7.30. The SMILES string of the molecule is CCCc1nn(C)c2c1[nH]c(=S)n2CCN(C)C(C)C. The van der Waals surface area contributed by atoms with Gasteiger partial charge in [-0.25, -0.2) is 0 Å². The molecule has 0 radical (unpaired) electrons. The van der Waals surface area contributed by atoms with Crippen LogP contribution < -0.4 is 0 Å². The molecule has 112 valence electrons. The van der Waals surface area contributed by atoms with E-state index >= 15 is 0 Å². The van der Waals surface area contributed by atoms with Crippen LogP contribution in [0.5, 0.6) is 0 Å². The Balaban J connectivity index is 2.34. The minimum absolute atomic E-state index is 0.542. The molecule has 0 amide bonds. The lowest BCUT2D eigenvalue weighted by Gasteiger charge is -2.21. The van der Waals surface area contributed by atoms with Gasteiger partial charge in [-0.3, -0.25) is 4.68 Å². The number of hydrogen-bond donors (Lipinski definition) is 1. The summed E-state index contributed by atoms with van der Waals surface area (Å²) in [7, 11) is 4.14. The van der Waals surface area contributed by atoms with Crippen molar-refractivity contribution in [1.29, 1.82) is 0 Å². The molecular weight excluding hydrogens is 270 g/mol. The van der Waals surface area contributed by atoms with Crippen LogP contribution in [0.15, 0.2) is 0 Å². The molecule has 0 bridgehead atoms. The molecule has 2 aromatic rings. The Bertz CT molecular complexity index is 634. The Morgan fingerprint density at radius 2 is 2.10 bits per heavy atom. The van der Waals surface area contributed by atoms with Crippen molar-refractivity contribution in [3.05, 3.63) is 10.5 Å². The quantitative estimate of drug-likeness (QED) is 0.833. The zero-order valence-corrected chi connectivity index (χ0v) is 13.9. The van der Waals surface area contributed by atoms with Crippen molar-refractivity contribution < 1.29 is 0 Å². The van der Waals surface area contributed by atoms with Gasteiger partial charge < -0.3 is 14.5 Å². The maximum Gasteiger partial charge on any atom is 0.179 e. The Morgan fingerprint density at radius 1 is 1.40 bits per heavy atom. The van der Waals surface area contributed by atoms with Gasteiger partial charge in [-0.05, 0) is 39.5 Å². The van der Waals surface area contributed by atoms with Gasteiger partial charge in [0.2, 0.25) is 0 Å². The van der Waals surface area contributed by atoms with E-state index in [1.54, 1.807) is 0 Å². The van der Waals surface area contributed by atoms with Crippen molar-refractivity contribution in [3.63, 3.8) is 0 Å². The van der Waals surface area contributed by atoms with E-state index in [0.717, 1.165) is 47.6 Å². The molecule has 0 aliphatic heterocycles. The molecule has 0 aliphatic carbocycles. The van der Waals surface area contributed by atoms with Crippen LogP contribution in [0.1, 0.15) is 32.9 Å². The van der Waals surface area contributed by atoms with Gasteiger partial charge in [0.15, 0.2) is 10.4 Å². The fourth-order valence-corrected chi connectivity index (χ4v) is 2.69. The van der Waals surface area contributed by atoms with Gasteiger partial charge in [0.05, 0.1) is 5.69 Å². The molecule has 0 fully saturated rings. The van der Waals surface area contributed by atoms with Crippen molar-refractivity contribution in [2.45, 2.75) is 46.2 Å². The van der Waals surface area contributed by atoms with Gasteiger partial charge in [0, 0.05) is 26.2 Å². The van der Waals surface area contributed by atoms with Crippen LogP contribution in [0.25, 0.3) is 11.2 Å². The smallest absolute Gasteiger partial charge is 0.179 e. The van der Waals surface area contributed by atoms with E-state index in [-0.39, 0.29) is 0 Å². The van der Waals surface area contributed by atoms with E-state index in [9.17, 15) is 0 Å². The van der Waals surface area contributed by atoms with Gasteiger partial charge in [0.25, 0.3) is 0 Å². The molecule has 0 saturated heterocycles. The number of aryl methyl sites for hydroxylation is 2. The number of nitrogens with one attached hydrogen (secondary N) is 1. The average Bonchev–Trinajstić information content (AvgIpc) is 2.85. The fourth-order valence-electron chi connectivity index (χ4n) is 2.41. The van der Waals surface area contributed by atoms with Crippen LogP contribution >= 0.6 is 12.2 Å². The summed E-state index contributed by atoms with van der Waals surface area (Å²) >= 11 is 5.48. The largest absolute Gasteiger partial charge is 0.328 e. The highest BCUT2D eigenvalue weighted by molar-refractivity contribution is 7.71. The third-order valence-corrected chi connectivity index (χ3v) is 4.19. The normalized spacial score (nSPS) is 12.2. The molecule has 20 heavy (non-hydrogen) atoms. The number of likely N-dealkylation sites (N-methyl/N-ethyl adjacent to an activating group) is 1. The predicted octanol–water partition coefficient (Wildman–Crippen LogP) is 2.73. The maximum atomic E-state index is 5.48. The number of nitrogens with zero attached hydrogens (tertiary/aromatic N) is 4. The third kappa shape index (κ3) is 2.81. The lowest BCUT2D eigenvalue weighted by Crippen LogP contribution is -2.29. The molecule has 5 nitrogen and oxygen atoms in total. The highest BCUT2D eigenvalue weighted by atomic mass is 32.1. The summed E-state index contributed by atoms with van der Waals surface area (Å²) in [6.07, 6.45) is 2.08. The number of imidazole rings is 1. The van der Waals surface area contributed by atoms with Gasteiger partial charge in [0.1, 0.15) is 5.52 Å². The molecule has 2 aromatic heterocycles. The molecule has 2 heterocycles. The van der Waals surface area contributed by atoms with Gasteiger partial charge in [-0.2, -0.15) is 5.10 Å². The second kappa shape index (κ2) is 6.10. The number of aromatic amines is 1. The number of rotatable bonds is 6. The second-order valence-corrected chi connectivity index (χ2v) is 6.06. The van der Waals surface area contributed by atoms with E-state index in [0.29, 0.717) is 6.04 Å². The monoisotopic (exact) mass is 295 g/mol. The Kier molecular flexibility index (Phi) is 4.65. The first kappa shape index (κ1) is 15.3. The zero-order chi connectivity index (χ0) is 14.9. The lowest BCUT2D eigenvalue weighted by molar-refractivity contribution is 0.263. The molecule has 0 spiro atoms. The van der Waals surface area contributed by atoms with Crippen molar-refractivity contribution in [1.82, 2.24) is 24.2 Å². The van der Waals surface area contributed by atoms with E-state index in [2.05, 4.69) is 47.4 Å². The molecule has 0 saturated carbocycles. The first-order valence-corrected chi connectivity index (χ1v) is 7.71. The van der Waals surface area contributed by atoms with Crippen molar-refractivity contribution >= 4 is 23.4 Å². The van der Waals surface area contributed by atoms with E-state index in [1.807, 2.05) is 11.7 Å². The van der Waals surface area contributed by atoms with Gasteiger partial charge in [-0.1, -0.05) is 13.3 Å². The standard InChI is InChI=1S/C14H25N5S/c1-6-7-11-12-13(18(5)16-11)19(14(20)15-12)9-8-17(4)10(2)3/h10H,6-9H2,1-5H3,(H,15,20). The minimum atomic E-state index is 0.542. The summed E-state index contributed by atoms with van der Waals surface area (Å²) in [5.74, 6) is 0. The van der Waals surface area contributed by atoms with Crippen LogP contribution in [0.2, 0.25) is 0 Å². The lowest BCUT2D eigenvalue weighted by atomic mass is 10.2. The molecule has 2 rings (SSSR count). The number of H-pyrrole nitrogens is 1. The maximum absolute atomic E-state index is 5.48. The van der Waals surface area contributed by atoms with Gasteiger partial charge >= 0.3 is 0 Å². The van der Waals surface area contributed by atoms with Gasteiger partial charge in [-0.15, -0.1) is 0 Å². The number of hydrogen-bond acceptors (Lipinski definition) is 3. The van der Waals surface area contributed by atoms with Crippen molar-refractivity contribution in [2.75, 3.05) is 13.6 Å². The average molecular weight is 295 g/mol. The highest BCUT2D eigenvalue weighted by Crippen LogP contribution is 2.19. The van der Waals surface area contributed by atoms with Crippen LogP contribution in [0, 0.1) is 4.77 Å². The van der Waals surface area contributed by atoms with Crippen LogP contribution in [0.3, 0.4) is 0 Å². The molecule has 6 heteroatoms. The van der Waals surface area contributed by atoms with E-state index in [1.165, 1.54) is 0 Å². The van der Waals surface area contributed by atoms with Crippen LogP contribution in [-0.2, 0) is 20.0 Å². The molecule has 0 atom stereocenters. The second-order valence-electron chi connectivity index (χ2n) is 5.68. The summed E-state index contributed by atoms with van der Waals surface area (Å²) in [4.78, 5) is 5.65. The highest BCUT2D eigenvalue weighted by Gasteiger charge is 2.15. The summed E-state index contributed by atoms with van der Waals surface area (Å²) in [6, 6.07) is 0.542. The summed E-state index contributed by atoms with van der Waals surface area (Å²) in [5.41, 5.74) is 3.33. The van der Waals surface area contributed by atoms with Crippen LogP contribution in [0.4, 0.5) is 0 Å². The zero-order valence-electron chi connectivity index (χ0n) is 13.1. The Labute approximate surface area is 125 Å². The molecule has 0 unspecified atom stereocenters. The summed E-state index contributed by atoms with van der Waals surface area (Å²) in [5, 5.41) is 4.61. The number of aromatic nitrogens is 4. The van der Waals surface area contributed by atoms with Crippen LogP contribution in [-0.4, -0.2) is 43.9 Å². The van der Waals surface area contributed by atoms with Crippen molar-refractivity contribution in [3.8, 4) is 0 Å². The minimum Gasteiger partial charge on any atom is -0.328 e. The third-order valence-electron chi connectivity index (χ3n) is 3.87. The molecule has 1 N–H and O–H groups in total. The Hall–Kier alpha value is -1.14. The van der Waals surface area contributed by atoms with E-state index in [4.69, 9.17) is 12.2 Å². The fraction of sp³-hybridized carbons (Fsp3) is 0.714. The predicted molar refractivity (Wildman–Crippen MR) is 85.6 cm³/mol. The molecule has 0 aliphatic rings. The Morgan fingerprint density at radius 3 is 2.70 bits per heavy atom. The number of fused-ring (bicyclic) bond motifs is 1. The first-order chi connectivity index (χ1) is 9.45. The summed E-state index contributed by atoms with van der Waals surface area (Å²) < 4.78 is 4.90. The molecular formula is C14H25N5S.